The highest BCUT2D eigenvalue weighted by Gasteiger charge is 2.25. The van der Waals surface area contributed by atoms with E-state index in [0.29, 0.717) is 5.16 Å². The van der Waals surface area contributed by atoms with Gasteiger partial charge in [0.1, 0.15) is 6.10 Å². The molecule has 15 heavy (non-hydrogen) atoms. The Bertz CT molecular complexity index is 343. The Balaban J connectivity index is 2.82. The van der Waals surface area contributed by atoms with Gasteiger partial charge in [0.05, 0.1) is 0 Å². The Kier molecular flexibility index (Phi) is 4.01. The second-order valence-electron chi connectivity index (χ2n) is 2.73. The van der Waals surface area contributed by atoms with Crippen LogP contribution in [0.4, 0.5) is 0 Å². The predicted molar refractivity (Wildman–Crippen MR) is 52.4 cm³/mol. The number of thioether (sulfide) groups is 1. The first kappa shape index (κ1) is 11.9. The average Bonchev–Trinajstić information content (AvgIpc) is 2.27. The molecule has 0 aliphatic carbocycles. The molecule has 1 heterocycles. The molecular weight excluding hydrogens is 220 g/mol. The number of aliphatic hydroxyl groups is 2. The van der Waals surface area contributed by atoms with Crippen molar-refractivity contribution in [1.82, 2.24) is 9.97 Å². The highest BCUT2D eigenvalue weighted by atomic mass is 32.2. The molecule has 0 aliphatic rings. The number of carboxylic acid groups (broad SMARTS) is 1. The van der Waals surface area contributed by atoms with Gasteiger partial charge < -0.3 is 15.3 Å². The van der Waals surface area contributed by atoms with E-state index in [1.165, 1.54) is 24.2 Å². The zero-order chi connectivity index (χ0) is 11.4. The third kappa shape index (κ3) is 2.88. The molecule has 1 aromatic heterocycles. The standard InChI is InChI=1S/C8H10N2O4S/c1-15-8-9-2-4(3-10-8)5(11)6(12)7(13)14/h2-3,5-6,11-12H,1H3,(H,13,14). The smallest absolute Gasteiger partial charge is 0.335 e. The average molecular weight is 230 g/mol. The molecule has 0 aromatic carbocycles. The van der Waals surface area contributed by atoms with Crippen LogP contribution in [-0.4, -0.2) is 43.6 Å². The molecule has 1 rings (SSSR count). The second-order valence-corrected chi connectivity index (χ2v) is 3.50. The number of aliphatic carboxylic acids is 1. The van der Waals surface area contributed by atoms with Crippen LogP contribution in [0.25, 0.3) is 0 Å². The molecule has 0 amide bonds. The highest BCUT2D eigenvalue weighted by molar-refractivity contribution is 7.98. The monoisotopic (exact) mass is 230 g/mol. The topological polar surface area (TPSA) is 104 Å². The number of aliphatic hydroxyl groups excluding tert-OH is 2. The number of aromatic nitrogens is 2. The first-order valence-corrected chi connectivity index (χ1v) is 5.23. The molecule has 0 spiro atoms. The van der Waals surface area contributed by atoms with Gasteiger partial charge in [-0.05, 0) is 6.26 Å². The van der Waals surface area contributed by atoms with Gasteiger partial charge in [0.15, 0.2) is 11.3 Å². The molecule has 0 saturated carbocycles. The van der Waals surface area contributed by atoms with E-state index < -0.39 is 18.2 Å². The first-order valence-electron chi connectivity index (χ1n) is 4.01. The number of hydrogen-bond acceptors (Lipinski definition) is 6. The summed E-state index contributed by atoms with van der Waals surface area (Å²) in [5.41, 5.74) is 0.169. The fourth-order valence-corrected chi connectivity index (χ4v) is 1.22. The number of carboxylic acids is 1. The maximum atomic E-state index is 10.4. The minimum absolute atomic E-state index is 0.169. The lowest BCUT2D eigenvalue weighted by atomic mass is 10.1. The van der Waals surface area contributed by atoms with Gasteiger partial charge in [-0.15, -0.1) is 0 Å². The van der Waals surface area contributed by atoms with Crippen LogP contribution in [0.5, 0.6) is 0 Å². The Morgan fingerprint density at radius 1 is 1.40 bits per heavy atom. The largest absolute Gasteiger partial charge is 0.479 e. The summed E-state index contributed by atoms with van der Waals surface area (Å²) < 4.78 is 0. The van der Waals surface area contributed by atoms with Crippen molar-refractivity contribution in [2.24, 2.45) is 0 Å². The van der Waals surface area contributed by atoms with Gasteiger partial charge in [0.25, 0.3) is 0 Å². The molecule has 6 nitrogen and oxygen atoms in total. The maximum Gasteiger partial charge on any atom is 0.335 e. The maximum absolute atomic E-state index is 10.4. The fraction of sp³-hybridized carbons (Fsp3) is 0.375. The molecule has 2 unspecified atom stereocenters. The van der Waals surface area contributed by atoms with Crippen molar-refractivity contribution in [2.45, 2.75) is 17.4 Å². The van der Waals surface area contributed by atoms with Crippen LogP contribution in [-0.2, 0) is 4.79 Å². The molecule has 3 N–H and O–H groups in total. The molecule has 0 radical (unpaired) electrons. The van der Waals surface area contributed by atoms with Gasteiger partial charge in [0, 0.05) is 18.0 Å². The number of hydrogen-bond donors (Lipinski definition) is 3. The highest BCUT2D eigenvalue weighted by Crippen LogP contribution is 2.16. The van der Waals surface area contributed by atoms with Crippen molar-refractivity contribution in [2.75, 3.05) is 6.26 Å². The molecule has 2 atom stereocenters. The third-order valence-corrected chi connectivity index (χ3v) is 2.30. The van der Waals surface area contributed by atoms with Gasteiger partial charge in [-0.25, -0.2) is 14.8 Å². The minimum Gasteiger partial charge on any atom is -0.479 e. The van der Waals surface area contributed by atoms with Gasteiger partial charge in [0.2, 0.25) is 0 Å². The molecule has 0 fully saturated rings. The Morgan fingerprint density at radius 3 is 2.33 bits per heavy atom. The lowest BCUT2D eigenvalue weighted by Crippen LogP contribution is -2.27. The summed E-state index contributed by atoms with van der Waals surface area (Å²) >= 11 is 1.32. The van der Waals surface area contributed by atoms with Crippen LogP contribution < -0.4 is 0 Å². The zero-order valence-corrected chi connectivity index (χ0v) is 8.68. The quantitative estimate of drug-likeness (QED) is 0.481. The summed E-state index contributed by atoms with van der Waals surface area (Å²) in [6.45, 7) is 0. The van der Waals surface area contributed by atoms with Crippen molar-refractivity contribution in [1.29, 1.82) is 0 Å². The van der Waals surface area contributed by atoms with Crippen molar-refractivity contribution in [3.05, 3.63) is 18.0 Å². The molecule has 0 saturated heterocycles. The van der Waals surface area contributed by atoms with Crippen LogP contribution in [0.1, 0.15) is 11.7 Å². The third-order valence-electron chi connectivity index (χ3n) is 1.72. The van der Waals surface area contributed by atoms with Crippen LogP contribution in [0, 0.1) is 0 Å². The van der Waals surface area contributed by atoms with Crippen LogP contribution in [0.3, 0.4) is 0 Å². The van der Waals surface area contributed by atoms with E-state index in [1.807, 2.05) is 0 Å². The zero-order valence-electron chi connectivity index (χ0n) is 7.86. The normalized spacial score (nSPS) is 14.6. The van der Waals surface area contributed by atoms with Crippen LogP contribution in [0.15, 0.2) is 17.6 Å². The van der Waals surface area contributed by atoms with E-state index in [0.717, 1.165) is 0 Å². The lowest BCUT2D eigenvalue weighted by Gasteiger charge is -2.13. The van der Waals surface area contributed by atoms with Crippen molar-refractivity contribution in [3.8, 4) is 0 Å². The summed E-state index contributed by atoms with van der Waals surface area (Å²) in [6.07, 6.45) is 0.982. The summed E-state index contributed by atoms with van der Waals surface area (Å²) in [5, 5.41) is 27.4. The Hall–Kier alpha value is -1.18. The summed E-state index contributed by atoms with van der Waals surface area (Å²) in [7, 11) is 0. The van der Waals surface area contributed by atoms with Crippen LogP contribution >= 0.6 is 11.8 Å². The summed E-state index contributed by atoms with van der Waals surface area (Å²) in [6, 6.07) is 0. The van der Waals surface area contributed by atoms with Crippen molar-refractivity contribution in [3.63, 3.8) is 0 Å². The SMILES string of the molecule is CSc1ncc(C(O)C(O)C(=O)O)cn1. The van der Waals surface area contributed by atoms with E-state index in [-0.39, 0.29) is 5.56 Å². The van der Waals surface area contributed by atoms with Crippen molar-refractivity contribution >= 4 is 17.7 Å². The molecule has 1 aromatic rings. The molecular formula is C8H10N2O4S. The van der Waals surface area contributed by atoms with Gasteiger partial charge in [-0.2, -0.15) is 0 Å². The molecule has 0 aliphatic heterocycles. The molecule has 7 heteroatoms. The van der Waals surface area contributed by atoms with E-state index in [2.05, 4.69) is 9.97 Å². The van der Waals surface area contributed by atoms with Gasteiger partial charge in [-0.1, -0.05) is 11.8 Å². The molecule has 82 valence electrons. The van der Waals surface area contributed by atoms with E-state index in [9.17, 15) is 9.90 Å². The fourth-order valence-electron chi connectivity index (χ4n) is 0.902. The number of rotatable bonds is 4. The van der Waals surface area contributed by atoms with E-state index >= 15 is 0 Å². The Labute approximate surface area is 90.0 Å². The summed E-state index contributed by atoms with van der Waals surface area (Å²) in [4.78, 5) is 18.1. The van der Waals surface area contributed by atoms with E-state index in [4.69, 9.17) is 10.2 Å². The second kappa shape index (κ2) is 5.06. The first-order chi connectivity index (χ1) is 7.06. The molecule has 0 bridgehead atoms. The predicted octanol–water partition coefficient (Wildman–Crippen LogP) is -0.323. The van der Waals surface area contributed by atoms with Gasteiger partial charge in [-0.3, -0.25) is 0 Å². The van der Waals surface area contributed by atoms with Crippen molar-refractivity contribution < 1.29 is 20.1 Å². The lowest BCUT2D eigenvalue weighted by molar-refractivity contribution is -0.153. The van der Waals surface area contributed by atoms with Gasteiger partial charge >= 0.3 is 5.97 Å². The minimum atomic E-state index is -1.87. The summed E-state index contributed by atoms with van der Waals surface area (Å²) in [5.74, 6) is -1.49. The van der Waals surface area contributed by atoms with E-state index in [1.54, 1.807) is 6.26 Å². The van der Waals surface area contributed by atoms with Crippen LogP contribution in [0.2, 0.25) is 0 Å². The number of carbonyl (C=O) groups is 1. The Morgan fingerprint density at radius 2 is 1.93 bits per heavy atom. The number of nitrogens with zero attached hydrogens (tertiary/aromatic N) is 2.